The lowest BCUT2D eigenvalue weighted by molar-refractivity contribution is 0.414. The van der Waals surface area contributed by atoms with Crippen LogP contribution in [0.15, 0.2) is 36.4 Å². The first-order valence-electron chi connectivity index (χ1n) is 6.45. The van der Waals surface area contributed by atoms with E-state index in [-0.39, 0.29) is 0 Å². The van der Waals surface area contributed by atoms with E-state index >= 15 is 0 Å². The third-order valence-corrected chi connectivity index (χ3v) is 2.70. The molecule has 1 aromatic rings. The second-order valence-corrected chi connectivity index (χ2v) is 4.52. The van der Waals surface area contributed by atoms with Crippen molar-refractivity contribution in [3.8, 4) is 17.6 Å². The minimum atomic E-state index is 0.917. The summed E-state index contributed by atoms with van der Waals surface area (Å²) in [4.78, 5) is 0. The SMILES string of the molecule is C=C(C)CCCC#CCCc1cccc(OC)c1. The molecule has 0 unspecified atom stereocenters. The first-order chi connectivity index (χ1) is 8.72. The van der Waals surface area contributed by atoms with Gasteiger partial charge in [-0.25, -0.2) is 0 Å². The molecule has 0 saturated heterocycles. The molecule has 18 heavy (non-hydrogen) atoms. The Morgan fingerprint density at radius 3 is 2.78 bits per heavy atom. The molecule has 0 atom stereocenters. The van der Waals surface area contributed by atoms with Crippen LogP contribution in [0.5, 0.6) is 5.75 Å². The largest absolute Gasteiger partial charge is 0.497 e. The Balaban J connectivity index is 2.24. The Bertz CT molecular complexity index is 434. The number of hydrogen-bond donors (Lipinski definition) is 0. The molecule has 0 saturated carbocycles. The Morgan fingerprint density at radius 2 is 2.06 bits per heavy atom. The van der Waals surface area contributed by atoms with Crippen LogP contribution in [0.4, 0.5) is 0 Å². The van der Waals surface area contributed by atoms with Crippen molar-refractivity contribution in [3.63, 3.8) is 0 Å². The molecule has 0 aliphatic carbocycles. The highest BCUT2D eigenvalue weighted by molar-refractivity contribution is 5.28. The average molecular weight is 242 g/mol. The molecule has 96 valence electrons. The van der Waals surface area contributed by atoms with Crippen LogP contribution >= 0.6 is 0 Å². The van der Waals surface area contributed by atoms with Crippen molar-refractivity contribution in [3.05, 3.63) is 42.0 Å². The summed E-state index contributed by atoms with van der Waals surface area (Å²) in [7, 11) is 1.69. The second kappa shape index (κ2) is 8.42. The van der Waals surface area contributed by atoms with E-state index in [2.05, 4.69) is 37.5 Å². The minimum Gasteiger partial charge on any atom is -0.497 e. The summed E-state index contributed by atoms with van der Waals surface area (Å²) < 4.78 is 5.19. The Labute approximate surface area is 111 Å². The normalized spacial score (nSPS) is 9.44. The Kier molecular flexibility index (Phi) is 6.72. The van der Waals surface area contributed by atoms with E-state index in [9.17, 15) is 0 Å². The van der Waals surface area contributed by atoms with Gasteiger partial charge in [-0.1, -0.05) is 17.7 Å². The standard InChI is InChI=1S/C17H22O/c1-15(2)10-7-5-4-6-8-11-16-12-9-13-17(14-16)18-3/h9,12-14H,1,5,7-8,10-11H2,2-3H3. The van der Waals surface area contributed by atoms with E-state index in [0.717, 1.165) is 37.9 Å². The van der Waals surface area contributed by atoms with E-state index < -0.39 is 0 Å². The topological polar surface area (TPSA) is 9.23 Å². The van der Waals surface area contributed by atoms with Gasteiger partial charge in [0.1, 0.15) is 5.75 Å². The molecule has 0 bridgehead atoms. The van der Waals surface area contributed by atoms with Crippen LogP contribution in [-0.4, -0.2) is 7.11 Å². The molecule has 0 aromatic heterocycles. The van der Waals surface area contributed by atoms with Crippen LogP contribution in [0.1, 0.15) is 38.2 Å². The molecule has 1 aromatic carbocycles. The van der Waals surface area contributed by atoms with E-state index in [1.165, 1.54) is 11.1 Å². The van der Waals surface area contributed by atoms with Crippen LogP contribution in [0.2, 0.25) is 0 Å². The molecule has 0 fully saturated rings. The molecule has 0 spiro atoms. The zero-order valence-electron chi connectivity index (χ0n) is 11.5. The molecule has 0 heterocycles. The maximum Gasteiger partial charge on any atom is 0.119 e. The van der Waals surface area contributed by atoms with Gasteiger partial charge in [0.2, 0.25) is 0 Å². The average Bonchev–Trinajstić information content (AvgIpc) is 2.37. The highest BCUT2D eigenvalue weighted by Gasteiger charge is 1.94. The number of allylic oxidation sites excluding steroid dienone is 1. The predicted octanol–water partition coefficient (Wildman–Crippen LogP) is 4.38. The fourth-order valence-electron chi connectivity index (χ4n) is 1.69. The van der Waals surface area contributed by atoms with Gasteiger partial charge in [-0.3, -0.25) is 0 Å². The van der Waals surface area contributed by atoms with E-state index in [1.54, 1.807) is 7.11 Å². The van der Waals surface area contributed by atoms with Gasteiger partial charge >= 0.3 is 0 Å². The van der Waals surface area contributed by atoms with Crippen molar-refractivity contribution >= 4 is 0 Å². The lowest BCUT2D eigenvalue weighted by Gasteiger charge is -2.01. The van der Waals surface area contributed by atoms with Gasteiger partial charge in [0, 0.05) is 12.8 Å². The molecule has 0 aliphatic rings. The Morgan fingerprint density at radius 1 is 1.28 bits per heavy atom. The van der Waals surface area contributed by atoms with E-state index in [4.69, 9.17) is 4.74 Å². The number of rotatable bonds is 6. The van der Waals surface area contributed by atoms with Gasteiger partial charge < -0.3 is 4.74 Å². The zero-order valence-corrected chi connectivity index (χ0v) is 11.5. The van der Waals surface area contributed by atoms with Crippen LogP contribution in [-0.2, 0) is 6.42 Å². The van der Waals surface area contributed by atoms with E-state index in [0.29, 0.717) is 0 Å². The van der Waals surface area contributed by atoms with Crippen LogP contribution < -0.4 is 4.74 Å². The fourth-order valence-corrected chi connectivity index (χ4v) is 1.69. The fraction of sp³-hybridized carbons (Fsp3) is 0.412. The van der Waals surface area contributed by atoms with Crippen molar-refractivity contribution < 1.29 is 4.74 Å². The zero-order chi connectivity index (χ0) is 13.2. The molecule has 0 amide bonds. The number of aryl methyl sites for hydroxylation is 1. The second-order valence-electron chi connectivity index (χ2n) is 4.52. The first-order valence-corrected chi connectivity index (χ1v) is 6.45. The number of hydrogen-bond acceptors (Lipinski definition) is 1. The molecule has 1 nitrogen and oxygen atoms in total. The summed E-state index contributed by atoms with van der Waals surface area (Å²) in [5.74, 6) is 7.36. The van der Waals surface area contributed by atoms with Crippen molar-refractivity contribution in [2.75, 3.05) is 7.11 Å². The molecule has 1 rings (SSSR count). The molecule has 1 heteroatoms. The smallest absolute Gasteiger partial charge is 0.119 e. The number of benzene rings is 1. The monoisotopic (exact) mass is 242 g/mol. The van der Waals surface area contributed by atoms with Gasteiger partial charge in [0.15, 0.2) is 0 Å². The number of unbranched alkanes of at least 4 members (excludes halogenated alkanes) is 1. The summed E-state index contributed by atoms with van der Waals surface area (Å²) in [5.41, 5.74) is 2.53. The Hall–Kier alpha value is -1.68. The number of methoxy groups -OCH3 is 1. The van der Waals surface area contributed by atoms with Crippen molar-refractivity contribution in [1.29, 1.82) is 0 Å². The molecule has 0 aliphatic heterocycles. The minimum absolute atomic E-state index is 0.917. The molecular formula is C17H22O. The lowest BCUT2D eigenvalue weighted by Crippen LogP contribution is -1.87. The summed E-state index contributed by atoms with van der Waals surface area (Å²) in [6, 6.07) is 8.18. The third-order valence-electron chi connectivity index (χ3n) is 2.70. The van der Waals surface area contributed by atoms with Crippen LogP contribution in [0.25, 0.3) is 0 Å². The molecular weight excluding hydrogens is 220 g/mol. The first kappa shape index (κ1) is 14.4. The van der Waals surface area contributed by atoms with Crippen LogP contribution in [0, 0.1) is 11.8 Å². The predicted molar refractivity (Wildman–Crippen MR) is 77.8 cm³/mol. The molecule has 0 radical (unpaired) electrons. The van der Waals surface area contributed by atoms with Gasteiger partial charge in [-0.05, 0) is 43.9 Å². The maximum atomic E-state index is 5.19. The van der Waals surface area contributed by atoms with Crippen LogP contribution in [0.3, 0.4) is 0 Å². The summed E-state index contributed by atoms with van der Waals surface area (Å²) in [6.07, 6.45) is 5.10. The molecule has 0 N–H and O–H groups in total. The lowest BCUT2D eigenvalue weighted by atomic mass is 10.1. The van der Waals surface area contributed by atoms with Gasteiger partial charge in [-0.2, -0.15) is 0 Å². The van der Waals surface area contributed by atoms with Gasteiger partial charge in [0.25, 0.3) is 0 Å². The van der Waals surface area contributed by atoms with E-state index in [1.807, 2.05) is 12.1 Å². The maximum absolute atomic E-state index is 5.19. The number of ether oxygens (including phenoxy) is 1. The summed E-state index contributed by atoms with van der Waals surface area (Å²) in [6.45, 7) is 5.95. The van der Waals surface area contributed by atoms with Crippen molar-refractivity contribution in [1.82, 2.24) is 0 Å². The summed E-state index contributed by atoms with van der Waals surface area (Å²) >= 11 is 0. The van der Waals surface area contributed by atoms with Crippen molar-refractivity contribution in [2.24, 2.45) is 0 Å². The summed E-state index contributed by atoms with van der Waals surface area (Å²) in [5, 5.41) is 0. The van der Waals surface area contributed by atoms with Crippen molar-refractivity contribution in [2.45, 2.75) is 39.0 Å². The highest BCUT2D eigenvalue weighted by Crippen LogP contribution is 2.13. The van der Waals surface area contributed by atoms with Gasteiger partial charge in [-0.15, -0.1) is 18.4 Å². The third kappa shape index (κ3) is 6.15. The van der Waals surface area contributed by atoms with Gasteiger partial charge in [0.05, 0.1) is 7.11 Å². The highest BCUT2D eigenvalue weighted by atomic mass is 16.5. The quantitative estimate of drug-likeness (QED) is 0.409.